The topological polar surface area (TPSA) is 91.1 Å². The van der Waals surface area contributed by atoms with Crippen LogP contribution in [0.2, 0.25) is 0 Å². The van der Waals surface area contributed by atoms with Crippen molar-refractivity contribution in [2.45, 2.75) is 25.7 Å². The lowest BCUT2D eigenvalue weighted by Crippen LogP contribution is -2.38. The predicted octanol–water partition coefficient (Wildman–Crippen LogP) is 2.03. The first-order chi connectivity index (χ1) is 10.1. The molecule has 0 bridgehead atoms. The second-order valence-corrected chi connectivity index (χ2v) is 6.06. The van der Waals surface area contributed by atoms with Crippen LogP contribution in [0.4, 0.5) is 5.69 Å². The van der Waals surface area contributed by atoms with Crippen LogP contribution in [0.15, 0.2) is 24.4 Å². The fraction of sp³-hybridized carbons (Fsp3) is 0.438. The Kier molecular flexibility index (Phi) is 3.59. The van der Waals surface area contributed by atoms with Gasteiger partial charge in [-0.2, -0.15) is 0 Å². The summed E-state index contributed by atoms with van der Waals surface area (Å²) >= 11 is 0. The first kappa shape index (κ1) is 13.9. The van der Waals surface area contributed by atoms with Gasteiger partial charge in [-0.25, -0.2) is 0 Å². The van der Waals surface area contributed by atoms with Gasteiger partial charge in [0.1, 0.15) is 0 Å². The van der Waals surface area contributed by atoms with Crippen LogP contribution >= 0.6 is 0 Å². The lowest BCUT2D eigenvalue weighted by Gasteiger charge is -2.26. The van der Waals surface area contributed by atoms with E-state index in [0.29, 0.717) is 17.8 Å². The van der Waals surface area contributed by atoms with Gasteiger partial charge in [0.25, 0.3) is 5.91 Å². The number of hydrogen-bond donors (Lipinski definition) is 4. The van der Waals surface area contributed by atoms with E-state index in [4.69, 9.17) is 5.73 Å². The number of rotatable bonds is 4. The standard InChI is InChI=1S/C16H21N3O2/c17-11-3-4-12-13(8-18-14(12)7-11)15(21)19-9-16(10-20)5-1-2-6-16/h3-4,7-8,18,20H,1-2,5-6,9-10,17H2,(H,19,21). The molecule has 1 aliphatic rings. The molecule has 3 rings (SSSR count). The minimum absolute atomic E-state index is 0.106. The molecule has 0 atom stereocenters. The lowest BCUT2D eigenvalue weighted by molar-refractivity contribution is 0.0882. The number of aromatic amines is 1. The van der Waals surface area contributed by atoms with Crippen LogP contribution in [-0.4, -0.2) is 29.1 Å². The molecule has 0 saturated heterocycles. The molecule has 112 valence electrons. The summed E-state index contributed by atoms with van der Waals surface area (Å²) in [5.74, 6) is -0.106. The number of hydrogen-bond acceptors (Lipinski definition) is 3. The average Bonchev–Trinajstić information content (AvgIpc) is 3.11. The summed E-state index contributed by atoms with van der Waals surface area (Å²) in [4.78, 5) is 15.4. The molecule has 1 aromatic heterocycles. The van der Waals surface area contributed by atoms with Crippen molar-refractivity contribution in [1.29, 1.82) is 0 Å². The zero-order valence-corrected chi connectivity index (χ0v) is 12.0. The summed E-state index contributed by atoms with van der Waals surface area (Å²) in [5, 5.41) is 13.4. The number of nitrogens with one attached hydrogen (secondary N) is 2. The number of aliphatic hydroxyl groups is 1. The molecule has 1 aromatic carbocycles. The fourth-order valence-corrected chi connectivity index (χ4v) is 3.21. The van der Waals surface area contributed by atoms with Crippen molar-refractivity contribution in [3.63, 3.8) is 0 Å². The Balaban J connectivity index is 1.75. The van der Waals surface area contributed by atoms with Crippen LogP contribution in [0.3, 0.4) is 0 Å². The molecule has 21 heavy (non-hydrogen) atoms. The molecule has 1 aliphatic carbocycles. The van der Waals surface area contributed by atoms with Crippen molar-refractivity contribution in [1.82, 2.24) is 10.3 Å². The Morgan fingerprint density at radius 3 is 2.86 bits per heavy atom. The summed E-state index contributed by atoms with van der Waals surface area (Å²) < 4.78 is 0. The number of anilines is 1. The zero-order chi connectivity index (χ0) is 14.9. The van der Waals surface area contributed by atoms with Gasteiger partial charge in [-0.3, -0.25) is 4.79 Å². The number of nitrogens with two attached hydrogens (primary N) is 1. The smallest absolute Gasteiger partial charge is 0.253 e. The van der Waals surface area contributed by atoms with Gasteiger partial charge >= 0.3 is 0 Å². The molecule has 1 saturated carbocycles. The molecule has 1 amide bonds. The van der Waals surface area contributed by atoms with Crippen LogP contribution in [0.25, 0.3) is 10.9 Å². The SMILES string of the molecule is Nc1ccc2c(C(=O)NCC3(CO)CCCC3)c[nH]c2c1. The Labute approximate surface area is 123 Å². The van der Waals surface area contributed by atoms with Crippen molar-refractivity contribution < 1.29 is 9.90 Å². The third kappa shape index (κ3) is 2.61. The van der Waals surface area contributed by atoms with E-state index >= 15 is 0 Å². The maximum Gasteiger partial charge on any atom is 0.253 e. The highest BCUT2D eigenvalue weighted by Crippen LogP contribution is 2.37. The highest BCUT2D eigenvalue weighted by molar-refractivity contribution is 6.07. The van der Waals surface area contributed by atoms with Gasteiger partial charge in [0, 0.05) is 34.7 Å². The maximum absolute atomic E-state index is 12.4. The third-order valence-corrected chi connectivity index (χ3v) is 4.57. The van der Waals surface area contributed by atoms with Gasteiger partial charge in [0.15, 0.2) is 0 Å². The number of fused-ring (bicyclic) bond motifs is 1. The van der Waals surface area contributed by atoms with Crippen molar-refractivity contribution in [2.24, 2.45) is 5.41 Å². The van der Waals surface area contributed by atoms with Crippen molar-refractivity contribution in [3.05, 3.63) is 30.0 Å². The van der Waals surface area contributed by atoms with Crippen molar-refractivity contribution >= 4 is 22.5 Å². The largest absolute Gasteiger partial charge is 0.399 e. The van der Waals surface area contributed by atoms with Gasteiger partial charge in [-0.1, -0.05) is 12.8 Å². The highest BCUT2D eigenvalue weighted by atomic mass is 16.3. The molecule has 0 spiro atoms. The molecule has 1 fully saturated rings. The number of carbonyl (C=O) groups excluding carboxylic acids is 1. The summed E-state index contributed by atoms with van der Waals surface area (Å²) in [6, 6.07) is 5.46. The van der Waals surface area contributed by atoms with Gasteiger partial charge in [-0.15, -0.1) is 0 Å². The number of H-pyrrole nitrogens is 1. The number of benzene rings is 1. The zero-order valence-electron chi connectivity index (χ0n) is 12.0. The van der Waals surface area contributed by atoms with Gasteiger partial charge in [-0.05, 0) is 31.0 Å². The number of nitrogen functional groups attached to an aromatic ring is 1. The third-order valence-electron chi connectivity index (χ3n) is 4.57. The molecule has 2 aromatic rings. The molecule has 5 nitrogen and oxygen atoms in total. The van der Waals surface area contributed by atoms with E-state index in [-0.39, 0.29) is 17.9 Å². The van der Waals surface area contributed by atoms with E-state index in [0.717, 1.165) is 36.6 Å². The molecule has 1 heterocycles. The number of aliphatic hydroxyl groups excluding tert-OH is 1. The Morgan fingerprint density at radius 2 is 2.14 bits per heavy atom. The first-order valence-electron chi connectivity index (χ1n) is 7.39. The Hall–Kier alpha value is -2.01. The molecule has 0 aliphatic heterocycles. The monoisotopic (exact) mass is 287 g/mol. The van der Waals surface area contributed by atoms with Gasteiger partial charge < -0.3 is 21.1 Å². The molecule has 5 N–H and O–H groups in total. The van der Waals surface area contributed by atoms with Crippen LogP contribution in [0.1, 0.15) is 36.0 Å². The first-order valence-corrected chi connectivity index (χ1v) is 7.39. The molecule has 5 heteroatoms. The molecule has 0 radical (unpaired) electrons. The van der Waals surface area contributed by atoms with E-state index in [1.54, 1.807) is 12.3 Å². The van der Waals surface area contributed by atoms with Crippen molar-refractivity contribution in [3.8, 4) is 0 Å². The van der Waals surface area contributed by atoms with E-state index in [2.05, 4.69) is 10.3 Å². The normalized spacial score (nSPS) is 17.2. The number of amides is 1. The summed E-state index contributed by atoms with van der Waals surface area (Å²) in [7, 11) is 0. The Morgan fingerprint density at radius 1 is 1.38 bits per heavy atom. The molecular weight excluding hydrogens is 266 g/mol. The Bertz CT molecular complexity index is 657. The van der Waals surface area contributed by atoms with Gasteiger partial charge in [0.05, 0.1) is 12.2 Å². The van der Waals surface area contributed by atoms with Crippen LogP contribution in [0, 0.1) is 5.41 Å². The van der Waals surface area contributed by atoms with Crippen LogP contribution in [-0.2, 0) is 0 Å². The summed E-state index contributed by atoms with van der Waals surface area (Å²) in [6.45, 7) is 0.668. The summed E-state index contributed by atoms with van der Waals surface area (Å²) in [5.41, 5.74) is 7.75. The fourth-order valence-electron chi connectivity index (χ4n) is 3.21. The van der Waals surface area contributed by atoms with Crippen LogP contribution in [0.5, 0.6) is 0 Å². The average molecular weight is 287 g/mol. The summed E-state index contributed by atoms with van der Waals surface area (Å²) in [6.07, 6.45) is 5.92. The number of carbonyl (C=O) groups is 1. The number of aromatic nitrogens is 1. The minimum Gasteiger partial charge on any atom is -0.399 e. The second kappa shape index (κ2) is 5.41. The molecule has 0 unspecified atom stereocenters. The van der Waals surface area contributed by atoms with Crippen LogP contribution < -0.4 is 11.1 Å². The minimum atomic E-state index is -0.133. The maximum atomic E-state index is 12.4. The van der Waals surface area contributed by atoms with E-state index in [1.807, 2.05) is 12.1 Å². The van der Waals surface area contributed by atoms with E-state index < -0.39 is 0 Å². The highest BCUT2D eigenvalue weighted by Gasteiger charge is 2.33. The van der Waals surface area contributed by atoms with Crippen molar-refractivity contribution in [2.75, 3.05) is 18.9 Å². The second-order valence-electron chi connectivity index (χ2n) is 6.06. The lowest BCUT2D eigenvalue weighted by atomic mass is 9.87. The quantitative estimate of drug-likeness (QED) is 0.648. The predicted molar refractivity (Wildman–Crippen MR) is 83.0 cm³/mol. The van der Waals surface area contributed by atoms with Gasteiger partial charge in [0.2, 0.25) is 0 Å². The van der Waals surface area contributed by atoms with E-state index in [1.165, 1.54) is 0 Å². The van der Waals surface area contributed by atoms with E-state index in [9.17, 15) is 9.90 Å². The molecular formula is C16H21N3O2.